The number of rotatable bonds is 5. The molecular weight excluding hydrogens is 268 g/mol. The molecule has 1 heterocycles. The molecular formula is C16H24N2O3. The van der Waals surface area contributed by atoms with Gasteiger partial charge in [0.15, 0.2) is 0 Å². The van der Waals surface area contributed by atoms with E-state index >= 15 is 0 Å². The first kappa shape index (κ1) is 15.8. The second-order valence-electron chi connectivity index (χ2n) is 5.99. The maximum atomic E-state index is 12.2. The molecule has 5 nitrogen and oxygen atoms in total. The fourth-order valence-electron chi connectivity index (χ4n) is 2.16. The topological polar surface area (TPSA) is 59.6 Å². The predicted octanol–water partition coefficient (Wildman–Crippen LogP) is 1.26. The molecule has 0 spiro atoms. The smallest absolute Gasteiger partial charge is 0.250 e. The van der Waals surface area contributed by atoms with Gasteiger partial charge in [-0.1, -0.05) is 18.2 Å². The van der Waals surface area contributed by atoms with Crippen molar-refractivity contribution in [2.45, 2.75) is 32.4 Å². The first-order valence-electron chi connectivity index (χ1n) is 7.31. The van der Waals surface area contributed by atoms with Gasteiger partial charge < -0.3 is 20.1 Å². The quantitative estimate of drug-likeness (QED) is 0.858. The van der Waals surface area contributed by atoms with E-state index in [1.54, 1.807) is 0 Å². The molecule has 5 heteroatoms. The number of para-hydroxylation sites is 1. The van der Waals surface area contributed by atoms with Gasteiger partial charge in [0.1, 0.15) is 18.5 Å². The molecule has 1 saturated heterocycles. The van der Waals surface area contributed by atoms with E-state index in [4.69, 9.17) is 9.47 Å². The summed E-state index contributed by atoms with van der Waals surface area (Å²) in [4.78, 5) is 12.2. The fraction of sp³-hybridized carbons (Fsp3) is 0.562. The van der Waals surface area contributed by atoms with Crippen molar-refractivity contribution in [3.8, 4) is 5.75 Å². The molecule has 1 atom stereocenters. The van der Waals surface area contributed by atoms with Crippen LogP contribution >= 0.6 is 0 Å². The summed E-state index contributed by atoms with van der Waals surface area (Å²) in [5, 5.41) is 6.14. The van der Waals surface area contributed by atoms with Crippen LogP contribution in [0.2, 0.25) is 0 Å². The van der Waals surface area contributed by atoms with Gasteiger partial charge in [-0.25, -0.2) is 0 Å². The molecule has 1 aliphatic rings. The number of amides is 1. The second kappa shape index (κ2) is 6.91. The molecule has 2 N–H and O–H groups in total. The molecule has 116 valence electrons. The third-order valence-electron chi connectivity index (χ3n) is 3.36. The van der Waals surface area contributed by atoms with Crippen LogP contribution in [-0.2, 0) is 9.53 Å². The normalized spacial score (nSPS) is 19.1. The highest BCUT2D eigenvalue weighted by Crippen LogP contribution is 2.18. The summed E-state index contributed by atoms with van der Waals surface area (Å²) >= 11 is 0. The largest absolute Gasteiger partial charge is 0.491 e. The van der Waals surface area contributed by atoms with E-state index in [2.05, 4.69) is 10.6 Å². The van der Waals surface area contributed by atoms with Crippen LogP contribution < -0.4 is 15.4 Å². The number of benzene rings is 1. The molecule has 0 saturated carbocycles. The van der Waals surface area contributed by atoms with Crippen molar-refractivity contribution in [3.63, 3.8) is 0 Å². The first-order valence-corrected chi connectivity index (χ1v) is 7.31. The van der Waals surface area contributed by atoms with Crippen LogP contribution in [0.5, 0.6) is 5.75 Å². The number of carbonyl (C=O) groups excluding carboxylic acids is 1. The van der Waals surface area contributed by atoms with Crippen molar-refractivity contribution in [1.82, 2.24) is 10.6 Å². The Balaban J connectivity index is 1.86. The summed E-state index contributed by atoms with van der Waals surface area (Å²) in [5.41, 5.74) is 0.625. The van der Waals surface area contributed by atoms with Gasteiger partial charge in [-0.2, -0.15) is 0 Å². The minimum atomic E-state index is -0.458. The maximum absolute atomic E-state index is 12.2. The second-order valence-corrected chi connectivity index (χ2v) is 5.99. The van der Waals surface area contributed by atoms with Crippen LogP contribution in [0, 0.1) is 6.92 Å². The summed E-state index contributed by atoms with van der Waals surface area (Å²) < 4.78 is 11.3. The highest BCUT2D eigenvalue weighted by molar-refractivity contribution is 5.81. The Morgan fingerprint density at radius 3 is 2.90 bits per heavy atom. The van der Waals surface area contributed by atoms with Crippen molar-refractivity contribution in [3.05, 3.63) is 29.8 Å². The molecule has 1 fully saturated rings. The number of hydrogen-bond acceptors (Lipinski definition) is 4. The van der Waals surface area contributed by atoms with Crippen LogP contribution in [0.4, 0.5) is 0 Å². The lowest BCUT2D eigenvalue weighted by Gasteiger charge is -2.30. The van der Waals surface area contributed by atoms with Gasteiger partial charge in [0.05, 0.1) is 12.1 Å². The van der Waals surface area contributed by atoms with Crippen molar-refractivity contribution in [2.24, 2.45) is 0 Å². The molecule has 0 radical (unpaired) electrons. The molecule has 0 bridgehead atoms. The number of morpholine rings is 1. The van der Waals surface area contributed by atoms with Crippen LogP contribution in [-0.4, -0.2) is 43.9 Å². The van der Waals surface area contributed by atoms with E-state index in [0.717, 1.165) is 17.9 Å². The Labute approximate surface area is 126 Å². The third kappa shape index (κ3) is 4.72. The number of carbonyl (C=O) groups is 1. The fourth-order valence-corrected chi connectivity index (χ4v) is 2.16. The van der Waals surface area contributed by atoms with Crippen molar-refractivity contribution in [1.29, 1.82) is 0 Å². The van der Waals surface area contributed by atoms with E-state index in [9.17, 15) is 4.79 Å². The van der Waals surface area contributed by atoms with E-state index in [1.807, 2.05) is 45.0 Å². The molecule has 0 unspecified atom stereocenters. The van der Waals surface area contributed by atoms with Gasteiger partial charge >= 0.3 is 0 Å². The molecule has 1 aliphatic heterocycles. The highest BCUT2D eigenvalue weighted by atomic mass is 16.5. The standard InChI is InChI=1S/C16H24N2O3/c1-12-6-4-5-7-13(12)21-11-16(2,3)18-15(19)14-10-17-8-9-20-14/h4-7,14,17H,8-11H2,1-3H3,(H,18,19)/t14-/m0/s1. The van der Waals surface area contributed by atoms with Crippen LogP contribution in [0.15, 0.2) is 24.3 Å². The molecule has 0 aliphatic carbocycles. The highest BCUT2D eigenvalue weighted by Gasteiger charge is 2.28. The summed E-state index contributed by atoms with van der Waals surface area (Å²) in [6.07, 6.45) is -0.420. The van der Waals surface area contributed by atoms with Crippen LogP contribution in [0.25, 0.3) is 0 Å². The molecule has 0 aromatic heterocycles. The summed E-state index contributed by atoms with van der Waals surface area (Å²) in [5.74, 6) is 0.746. The lowest BCUT2D eigenvalue weighted by Crippen LogP contribution is -2.55. The van der Waals surface area contributed by atoms with Gasteiger partial charge in [0.25, 0.3) is 5.91 Å². The number of ether oxygens (including phenoxy) is 2. The third-order valence-corrected chi connectivity index (χ3v) is 3.36. The van der Waals surface area contributed by atoms with Crippen LogP contribution in [0.3, 0.4) is 0 Å². The number of aryl methyl sites for hydroxylation is 1. The average molecular weight is 292 g/mol. The predicted molar refractivity (Wildman–Crippen MR) is 81.5 cm³/mol. The first-order chi connectivity index (χ1) is 9.98. The van der Waals surface area contributed by atoms with Gasteiger partial charge in [-0.05, 0) is 32.4 Å². The average Bonchev–Trinajstić information content (AvgIpc) is 2.47. The Hall–Kier alpha value is -1.59. The number of nitrogens with one attached hydrogen (secondary N) is 2. The van der Waals surface area contributed by atoms with Crippen LogP contribution in [0.1, 0.15) is 19.4 Å². The van der Waals surface area contributed by atoms with Crippen molar-refractivity contribution >= 4 is 5.91 Å². The minimum absolute atomic E-state index is 0.0967. The van der Waals surface area contributed by atoms with E-state index in [0.29, 0.717) is 19.8 Å². The van der Waals surface area contributed by atoms with E-state index in [-0.39, 0.29) is 5.91 Å². The van der Waals surface area contributed by atoms with Crippen molar-refractivity contribution < 1.29 is 14.3 Å². The van der Waals surface area contributed by atoms with Gasteiger partial charge in [0.2, 0.25) is 0 Å². The maximum Gasteiger partial charge on any atom is 0.250 e. The van der Waals surface area contributed by atoms with E-state index < -0.39 is 11.6 Å². The van der Waals surface area contributed by atoms with Gasteiger partial charge in [-0.3, -0.25) is 4.79 Å². The summed E-state index contributed by atoms with van der Waals surface area (Å²) in [6.45, 7) is 8.22. The Morgan fingerprint density at radius 1 is 1.48 bits per heavy atom. The Kier molecular flexibility index (Phi) is 5.20. The molecule has 1 aromatic rings. The van der Waals surface area contributed by atoms with Crippen molar-refractivity contribution in [2.75, 3.05) is 26.3 Å². The lowest BCUT2D eigenvalue weighted by atomic mass is 10.1. The monoisotopic (exact) mass is 292 g/mol. The lowest BCUT2D eigenvalue weighted by molar-refractivity contribution is -0.136. The zero-order valence-corrected chi connectivity index (χ0v) is 12.9. The summed E-state index contributed by atoms with van der Waals surface area (Å²) in [7, 11) is 0. The van der Waals surface area contributed by atoms with Gasteiger partial charge in [0, 0.05) is 13.1 Å². The molecule has 2 rings (SSSR count). The molecule has 1 amide bonds. The zero-order valence-electron chi connectivity index (χ0n) is 12.9. The zero-order chi connectivity index (χ0) is 15.3. The SMILES string of the molecule is Cc1ccccc1OCC(C)(C)NC(=O)[C@@H]1CNCCO1. The van der Waals surface area contributed by atoms with E-state index in [1.165, 1.54) is 0 Å². The Morgan fingerprint density at radius 2 is 2.24 bits per heavy atom. The van der Waals surface area contributed by atoms with Gasteiger partial charge in [-0.15, -0.1) is 0 Å². The summed E-state index contributed by atoms with van der Waals surface area (Å²) in [6, 6.07) is 7.85. The number of hydrogen-bond donors (Lipinski definition) is 2. The Bertz CT molecular complexity index is 482. The molecule has 1 aromatic carbocycles. The minimum Gasteiger partial charge on any atom is -0.491 e. The molecule has 21 heavy (non-hydrogen) atoms.